The molecule has 3 atom stereocenters. The van der Waals surface area contributed by atoms with Crippen LogP contribution in [0, 0.1) is 5.92 Å². The largest absolute Gasteiger partial charge is 0.480 e. The van der Waals surface area contributed by atoms with Crippen LogP contribution in [0.2, 0.25) is 0 Å². The Kier molecular flexibility index (Phi) is 5.07. The van der Waals surface area contributed by atoms with Gasteiger partial charge in [0.2, 0.25) is 0 Å². The summed E-state index contributed by atoms with van der Waals surface area (Å²) in [7, 11) is -2.97. The third-order valence-corrected chi connectivity index (χ3v) is 6.56. The van der Waals surface area contributed by atoms with Crippen molar-refractivity contribution in [2.45, 2.75) is 57.5 Å². The summed E-state index contributed by atoms with van der Waals surface area (Å²) in [6, 6.07) is 0.136. The predicted molar refractivity (Wildman–Crippen MR) is 77.4 cm³/mol. The fourth-order valence-electron chi connectivity index (χ4n) is 3.81. The number of rotatable bonds is 5. The van der Waals surface area contributed by atoms with Gasteiger partial charge >= 0.3 is 5.97 Å². The van der Waals surface area contributed by atoms with Crippen molar-refractivity contribution in [2.75, 3.05) is 18.1 Å². The highest BCUT2D eigenvalue weighted by molar-refractivity contribution is 7.91. The molecule has 1 aliphatic heterocycles. The average Bonchev–Trinajstić information content (AvgIpc) is 2.76. The Morgan fingerprint density at radius 1 is 1.25 bits per heavy atom. The number of carboxylic acids is 1. The van der Waals surface area contributed by atoms with Crippen LogP contribution < -0.4 is 0 Å². The third-order valence-electron chi connectivity index (χ3n) is 4.81. The van der Waals surface area contributed by atoms with Crippen LogP contribution in [0.4, 0.5) is 0 Å². The molecule has 2 aliphatic rings. The SMILES string of the molecule is CCC1CCCCC1N(CC(=O)O)C1CCS(=O)(=O)C1. The molecular formula is C14H25NO4S. The molecule has 2 rings (SSSR count). The second kappa shape index (κ2) is 6.43. The molecule has 0 amide bonds. The van der Waals surface area contributed by atoms with Gasteiger partial charge in [-0.1, -0.05) is 26.2 Å². The fourth-order valence-corrected chi connectivity index (χ4v) is 5.55. The second-order valence-electron chi connectivity index (χ2n) is 6.14. The summed E-state index contributed by atoms with van der Waals surface area (Å²) in [5.41, 5.74) is 0. The molecule has 0 spiro atoms. The monoisotopic (exact) mass is 303 g/mol. The van der Waals surface area contributed by atoms with E-state index in [4.69, 9.17) is 0 Å². The minimum atomic E-state index is -2.97. The van der Waals surface area contributed by atoms with Crippen LogP contribution >= 0.6 is 0 Å². The number of carbonyl (C=O) groups is 1. The van der Waals surface area contributed by atoms with Gasteiger partial charge in [0.05, 0.1) is 18.1 Å². The Morgan fingerprint density at radius 2 is 1.95 bits per heavy atom. The van der Waals surface area contributed by atoms with Crippen LogP contribution in [0.3, 0.4) is 0 Å². The van der Waals surface area contributed by atoms with Gasteiger partial charge in [-0.2, -0.15) is 0 Å². The van der Waals surface area contributed by atoms with Crippen molar-refractivity contribution in [2.24, 2.45) is 5.92 Å². The molecular weight excluding hydrogens is 278 g/mol. The minimum absolute atomic E-state index is 0.0264. The molecule has 5 nitrogen and oxygen atoms in total. The van der Waals surface area contributed by atoms with Crippen molar-refractivity contribution < 1.29 is 18.3 Å². The van der Waals surface area contributed by atoms with Crippen molar-refractivity contribution in [1.29, 1.82) is 0 Å². The van der Waals surface area contributed by atoms with Gasteiger partial charge in [0.15, 0.2) is 9.84 Å². The number of hydrogen-bond donors (Lipinski definition) is 1. The van der Waals surface area contributed by atoms with E-state index >= 15 is 0 Å². The molecule has 1 heterocycles. The van der Waals surface area contributed by atoms with Gasteiger partial charge in [-0.05, 0) is 25.2 Å². The summed E-state index contributed by atoms with van der Waals surface area (Å²) in [6.45, 7) is 2.12. The van der Waals surface area contributed by atoms with Crippen molar-refractivity contribution >= 4 is 15.8 Å². The van der Waals surface area contributed by atoms with Gasteiger partial charge in [0.25, 0.3) is 0 Å². The maximum atomic E-state index is 11.7. The summed E-state index contributed by atoms with van der Waals surface area (Å²) in [6.07, 6.45) is 6.09. The van der Waals surface area contributed by atoms with E-state index in [2.05, 4.69) is 6.92 Å². The van der Waals surface area contributed by atoms with Gasteiger partial charge in [0.1, 0.15) is 0 Å². The Morgan fingerprint density at radius 3 is 2.50 bits per heavy atom. The van der Waals surface area contributed by atoms with Crippen molar-refractivity contribution in [3.05, 3.63) is 0 Å². The minimum Gasteiger partial charge on any atom is -0.480 e. The molecule has 0 bridgehead atoms. The fraction of sp³-hybridized carbons (Fsp3) is 0.929. The first-order chi connectivity index (χ1) is 9.43. The lowest BCUT2D eigenvalue weighted by molar-refractivity contribution is -0.140. The van der Waals surface area contributed by atoms with E-state index in [1.54, 1.807) is 0 Å². The Hall–Kier alpha value is -0.620. The van der Waals surface area contributed by atoms with E-state index in [1.807, 2.05) is 4.90 Å². The number of aliphatic carboxylic acids is 1. The first-order valence-corrected chi connectivity index (χ1v) is 9.43. The summed E-state index contributed by atoms with van der Waals surface area (Å²) in [4.78, 5) is 13.2. The van der Waals surface area contributed by atoms with Gasteiger partial charge in [-0.25, -0.2) is 8.42 Å². The quantitative estimate of drug-likeness (QED) is 0.833. The van der Waals surface area contributed by atoms with Crippen molar-refractivity contribution in [1.82, 2.24) is 4.90 Å². The van der Waals surface area contributed by atoms with Crippen molar-refractivity contribution in [3.8, 4) is 0 Å². The molecule has 2 fully saturated rings. The van der Waals surface area contributed by atoms with E-state index in [0.29, 0.717) is 12.3 Å². The topological polar surface area (TPSA) is 74.7 Å². The Labute approximate surface area is 121 Å². The van der Waals surface area contributed by atoms with Gasteiger partial charge < -0.3 is 5.11 Å². The maximum Gasteiger partial charge on any atom is 0.317 e. The van der Waals surface area contributed by atoms with Gasteiger partial charge in [-0.3, -0.25) is 9.69 Å². The summed E-state index contributed by atoms with van der Waals surface area (Å²) < 4.78 is 23.4. The zero-order valence-electron chi connectivity index (χ0n) is 12.1. The van der Waals surface area contributed by atoms with E-state index < -0.39 is 15.8 Å². The second-order valence-corrected chi connectivity index (χ2v) is 8.37. The van der Waals surface area contributed by atoms with Crippen LogP contribution in [0.25, 0.3) is 0 Å². The molecule has 3 unspecified atom stereocenters. The number of sulfone groups is 1. The third kappa shape index (κ3) is 3.73. The van der Waals surface area contributed by atoms with E-state index in [1.165, 1.54) is 6.42 Å². The Bertz CT molecular complexity index is 448. The Balaban J connectivity index is 2.16. The van der Waals surface area contributed by atoms with Crippen LogP contribution in [0.1, 0.15) is 45.4 Å². The summed E-state index contributed by atoms with van der Waals surface area (Å²) in [5.74, 6) is -0.00837. The molecule has 0 aromatic heterocycles. The maximum absolute atomic E-state index is 11.7. The number of hydrogen-bond acceptors (Lipinski definition) is 4. The molecule has 0 aromatic carbocycles. The molecule has 0 radical (unpaired) electrons. The van der Waals surface area contributed by atoms with Gasteiger partial charge in [0, 0.05) is 12.1 Å². The smallest absolute Gasteiger partial charge is 0.317 e. The molecule has 6 heteroatoms. The molecule has 1 saturated heterocycles. The molecule has 1 N–H and O–H groups in total. The van der Waals surface area contributed by atoms with Crippen LogP contribution in [0.5, 0.6) is 0 Å². The molecule has 1 aliphatic carbocycles. The zero-order chi connectivity index (χ0) is 14.8. The number of nitrogens with zero attached hydrogens (tertiary/aromatic N) is 1. The van der Waals surface area contributed by atoms with Crippen molar-refractivity contribution in [3.63, 3.8) is 0 Å². The highest BCUT2D eigenvalue weighted by Gasteiger charge is 2.39. The molecule has 116 valence electrons. The van der Waals surface area contributed by atoms with Crippen LogP contribution in [-0.2, 0) is 14.6 Å². The summed E-state index contributed by atoms with van der Waals surface area (Å²) in [5, 5.41) is 9.17. The highest BCUT2D eigenvalue weighted by Crippen LogP contribution is 2.33. The average molecular weight is 303 g/mol. The normalized spacial score (nSPS) is 33.4. The summed E-state index contributed by atoms with van der Waals surface area (Å²) >= 11 is 0. The molecule has 0 aromatic rings. The zero-order valence-corrected chi connectivity index (χ0v) is 12.9. The molecule has 1 saturated carbocycles. The predicted octanol–water partition coefficient (Wildman–Crippen LogP) is 1.53. The van der Waals surface area contributed by atoms with Crippen LogP contribution in [0.15, 0.2) is 0 Å². The first-order valence-electron chi connectivity index (χ1n) is 7.61. The highest BCUT2D eigenvalue weighted by atomic mass is 32.2. The van der Waals surface area contributed by atoms with Gasteiger partial charge in [-0.15, -0.1) is 0 Å². The number of carboxylic acid groups (broad SMARTS) is 1. The lowest BCUT2D eigenvalue weighted by Crippen LogP contribution is -2.50. The lowest BCUT2D eigenvalue weighted by Gasteiger charge is -2.42. The van der Waals surface area contributed by atoms with E-state index in [-0.39, 0.29) is 30.1 Å². The lowest BCUT2D eigenvalue weighted by atomic mass is 9.81. The van der Waals surface area contributed by atoms with Crippen LogP contribution in [-0.4, -0.2) is 54.5 Å². The first kappa shape index (κ1) is 15.8. The van der Waals surface area contributed by atoms with E-state index in [0.717, 1.165) is 25.7 Å². The van der Waals surface area contributed by atoms with E-state index in [9.17, 15) is 18.3 Å². The standard InChI is InChI=1S/C14H25NO4S/c1-2-11-5-3-4-6-13(11)15(9-14(16)17)12-7-8-20(18,19)10-12/h11-13H,2-10H2,1H3,(H,16,17). The molecule has 20 heavy (non-hydrogen) atoms.